The highest BCUT2D eigenvalue weighted by Crippen LogP contribution is 2.45. The molecule has 1 saturated carbocycles. The minimum Gasteiger partial charge on any atom is -0.434 e. The number of piperidine rings is 1. The highest BCUT2D eigenvalue weighted by atomic mass is 16.7. The summed E-state index contributed by atoms with van der Waals surface area (Å²) in [4.78, 5) is 30.9. The van der Waals surface area contributed by atoms with Crippen molar-refractivity contribution >= 4 is 17.6 Å². The third kappa shape index (κ3) is 3.72. The predicted molar refractivity (Wildman–Crippen MR) is 112 cm³/mol. The van der Waals surface area contributed by atoms with Gasteiger partial charge in [0.1, 0.15) is 5.54 Å². The van der Waals surface area contributed by atoms with E-state index in [0.29, 0.717) is 43.2 Å². The van der Waals surface area contributed by atoms with Crippen molar-refractivity contribution in [3.8, 4) is 0 Å². The molecule has 2 heterocycles. The lowest BCUT2D eigenvalue weighted by Gasteiger charge is -2.38. The zero-order chi connectivity index (χ0) is 21.5. The molecule has 7 nitrogen and oxygen atoms in total. The molecule has 0 bridgehead atoms. The van der Waals surface area contributed by atoms with Gasteiger partial charge in [-0.15, -0.1) is 0 Å². The number of aryl methyl sites for hydroxylation is 2. The molecule has 1 aromatic carbocycles. The van der Waals surface area contributed by atoms with Crippen molar-refractivity contribution in [2.45, 2.75) is 57.9 Å². The van der Waals surface area contributed by atoms with Crippen LogP contribution in [0, 0.1) is 13.8 Å². The molecule has 1 aromatic rings. The van der Waals surface area contributed by atoms with Crippen LogP contribution in [0.15, 0.2) is 17.9 Å². The average Bonchev–Trinajstić information content (AvgIpc) is 3.52. The molecule has 30 heavy (non-hydrogen) atoms. The van der Waals surface area contributed by atoms with Crippen LogP contribution < -0.4 is 5.32 Å². The first-order valence-electron chi connectivity index (χ1n) is 10.7. The number of nitrogens with one attached hydrogen (secondary N) is 1. The summed E-state index contributed by atoms with van der Waals surface area (Å²) >= 11 is 0. The van der Waals surface area contributed by atoms with Gasteiger partial charge in [-0.1, -0.05) is 12.1 Å². The summed E-state index contributed by atoms with van der Waals surface area (Å²) < 4.78 is 10.8. The van der Waals surface area contributed by atoms with Gasteiger partial charge in [0.15, 0.2) is 5.76 Å². The molecule has 162 valence electrons. The number of carbonyl (C=O) groups excluding carboxylic acids is 2. The van der Waals surface area contributed by atoms with Gasteiger partial charge in [0.25, 0.3) is 5.91 Å². The van der Waals surface area contributed by atoms with Gasteiger partial charge in [-0.3, -0.25) is 4.79 Å². The summed E-state index contributed by atoms with van der Waals surface area (Å²) in [5.74, 6) is 0.806. The molecular weight excluding hydrogens is 384 g/mol. The van der Waals surface area contributed by atoms with Gasteiger partial charge >= 0.3 is 6.16 Å². The maximum atomic E-state index is 13.2. The lowest BCUT2D eigenvalue weighted by molar-refractivity contribution is -0.152. The lowest BCUT2D eigenvalue weighted by atomic mass is 9.84. The second-order valence-corrected chi connectivity index (χ2v) is 8.44. The number of nitrogens with zero attached hydrogens (tertiary/aromatic N) is 1. The van der Waals surface area contributed by atoms with Crippen LogP contribution in [0.3, 0.4) is 0 Å². The Balaban J connectivity index is 1.79. The van der Waals surface area contributed by atoms with Crippen molar-refractivity contribution in [2.24, 2.45) is 0 Å². The standard InChI is InChI=1S/C23H30N2O5/c1-5-29-22(27)30-20-19(18-14(2)12-17(13-15(18)3)16-6-7-16)21(26)24-23(20)8-10-25(28-4)11-9-23/h12-13,16H,5-11H2,1-4H3,(H,24,26). The molecule has 2 aliphatic heterocycles. The predicted octanol–water partition coefficient (Wildman–Crippen LogP) is 3.59. The molecule has 1 saturated heterocycles. The van der Waals surface area contributed by atoms with E-state index in [1.165, 1.54) is 18.4 Å². The SMILES string of the molecule is CCOC(=O)OC1=C(c2c(C)cc(C3CC3)cc2C)C(=O)NC12CCN(OC)CC2. The van der Waals surface area contributed by atoms with E-state index < -0.39 is 11.7 Å². The zero-order valence-corrected chi connectivity index (χ0v) is 18.2. The van der Waals surface area contributed by atoms with Gasteiger partial charge in [-0.25, -0.2) is 4.79 Å². The minimum atomic E-state index is -0.778. The average molecular weight is 415 g/mol. The molecule has 0 atom stereocenters. The third-order valence-electron chi connectivity index (χ3n) is 6.38. The fourth-order valence-corrected chi connectivity index (χ4v) is 4.73. The molecule has 1 N–H and O–H groups in total. The van der Waals surface area contributed by atoms with E-state index in [1.807, 2.05) is 18.9 Å². The van der Waals surface area contributed by atoms with Crippen molar-refractivity contribution in [3.63, 3.8) is 0 Å². The second-order valence-electron chi connectivity index (χ2n) is 8.44. The smallest absolute Gasteiger partial charge is 0.434 e. The second kappa shape index (κ2) is 8.04. The molecule has 7 heteroatoms. The van der Waals surface area contributed by atoms with Crippen LogP contribution >= 0.6 is 0 Å². The zero-order valence-electron chi connectivity index (χ0n) is 18.2. The van der Waals surface area contributed by atoms with Crippen molar-refractivity contribution in [1.82, 2.24) is 10.4 Å². The fraction of sp³-hybridized carbons (Fsp3) is 0.565. The highest BCUT2D eigenvalue weighted by Gasteiger charge is 2.50. The Morgan fingerprint density at radius 2 is 1.83 bits per heavy atom. The highest BCUT2D eigenvalue weighted by molar-refractivity contribution is 6.24. The Hall–Kier alpha value is -2.38. The van der Waals surface area contributed by atoms with Crippen molar-refractivity contribution in [2.75, 3.05) is 26.8 Å². The van der Waals surface area contributed by atoms with E-state index in [0.717, 1.165) is 16.7 Å². The largest absolute Gasteiger partial charge is 0.513 e. The Kier molecular flexibility index (Phi) is 5.59. The lowest BCUT2D eigenvalue weighted by Crippen LogP contribution is -2.53. The summed E-state index contributed by atoms with van der Waals surface area (Å²) in [7, 11) is 1.64. The summed E-state index contributed by atoms with van der Waals surface area (Å²) in [5.41, 5.74) is 3.94. The summed E-state index contributed by atoms with van der Waals surface area (Å²) in [6.07, 6.45) is 2.83. The minimum absolute atomic E-state index is 0.203. The number of carbonyl (C=O) groups is 2. The van der Waals surface area contributed by atoms with Crippen LogP contribution in [-0.4, -0.2) is 49.5 Å². The number of amides is 1. The van der Waals surface area contributed by atoms with E-state index in [2.05, 4.69) is 17.4 Å². The van der Waals surface area contributed by atoms with Gasteiger partial charge in [0.2, 0.25) is 0 Å². The van der Waals surface area contributed by atoms with E-state index in [1.54, 1.807) is 14.0 Å². The van der Waals surface area contributed by atoms with Crippen molar-refractivity contribution in [3.05, 3.63) is 40.1 Å². The van der Waals surface area contributed by atoms with Crippen LogP contribution in [0.4, 0.5) is 4.79 Å². The Bertz CT molecular complexity index is 872. The maximum Gasteiger partial charge on any atom is 0.513 e. The first-order chi connectivity index (χ1) is 14.4. The number of rotatable bonds is 5. The van der Waals surface area contributed by atoms with Crippen LogP contribution in [-0.2, 0) is 19.1 Å². The Labute approximate surface area is 177 Å². The number of hydrogen-bond donors (Lipinski definition) is 1. The van der Waals surface area contributed by atoms with E-state index in [4.69, 9.17) is 14.3 Å². The topological polar surface area (TPSA) is 77.1 Å². The van der Waals surface area contributed by atoms with Crippen LogP contribution in [0.5, 0.6) is 0 Å². The molecule has 1 spiro atoms. The van der Waals surface area contributed by atoms with E-state index in [9.17, 15) is 9.59 Å². The number of hydrogen-bond acceptors (Lipinski definition) is 6. The quantitative estimate of drug-likeness (QED) is 0.742. The first-order valence-corrected chi connectivity index (χ1v) is 10.7. The molecule has 4 rings (SSSR count). The number of ether oxygens (including phenoxy) is 2. The van der Waals surface area contributed by atoms with Gasteiger partial charge < -0.3 is 19.6 Å². The summed E-state index contributed by atoms with van der Waals surface area (Å²) in [6, 6.07) is 4.33. The van der Waals surface area contributed by atoms with Crippen molar-refractivity contribution in [1.29, 1.82) is 0 Å². The van der Waals surface area contributed by atoms with E-state index in [-0.39, 0.29) is 12.5 Å². The normalized spacial score (nSPS) is 21.1. The molecule has 0 unspecified atom stereocenters. The molecule has 1 aliphatic carbocycles. The van der Waals surface area contributed by atoms with Crippen molar-refractivity contribution < 1.29 is 23.9 Å². The Morgan fingerprint density at radius 3 is 2.37 bits per heavy atom. The number of benzene rings is 1. The first kappa shape index (κ1) is 20.9. The van der Waals surface area contributed by atoms with Gasteiger partial charge in [-0.05, 0) is 74.6 Å². The maximum absolute atomic E-state index is 13.2. The fourth-order valence-electron chi connectivity index (χ4n) is 4.73. The van der Waals surface area contributed by atoms with Gasteiger partial charge in [0.05, 0.1) is 19.3 Å². The van der Waals surface area contributed by atoms with Crippen LogP contribution in [0.1, 0.15) is 60.8 Å². The van der Waals surface area contributed by atoms with Gasteiger partial charge in [-0.2, -0.15) is 5.06 Å². The molecule has 3 aliphatic rings. The Morgan fingerprint density at radius 1 is 1.20 bits per heavy atom. The molecule has 2 fully saturated rings. The molecule has 0 radical (unpaired) electrons. The molecule has 0 aromatic heterocycles. The summed E-state index contributed by atoms with van der Waals surface area (Å²) in [5, 5.41) is 4.98. The van der Waals surface area contributed by atoms with Crippen LogP contribution in [0.25, 0.3) is 5.57 Å². The van der Waals surface area contributed by atoms with Gasteiger partial charge in [0, 0.05) is 13.1 Å². The van der Waals surface area contributed by atoms with E-state index >= 15 is 0 Å². The monoisotopic (exact) mass is 414 g/mol. The number of hydroxylamine groups is 2. The van der Waals surface area contributed by atoms with Crippen LogP contribution in [0.2, 0.25) is 0 Å². The molecule has 1 amide bonds. The third-order valence-corrected chi connectivity index (χ3v) is 6.38. The summed E-state index contributed by atoms with van der Waals surface area (Å²) in [6.45, 7) is 7.23. The molecular formula is C23H30N2O5.